The molecule has 0 aliphatic carbocycles. The van der Waals surface area contributed by atoms with E-state index in [9.17, 15) is 13.2 Å². The molecule has 13 heavy (non-hydrogen) atoms. The zero-order chi connectivity index (χ0) is 9.47. The lowest BCUT2D eigenvalue weighted by Crippen LogP contribution is -2.43. The van der Waals surface area contributed by atoms with Crippen molar-refractivity contribution in [2.24, 2.45) is 0 Å². The molecule has 2 aliphatic heterocycles. The van der Waals surface area contributed by atoms with E-state index in [4.69, 9.17) is 0 Å². The Morgan fingerprint density at radius 2 is 2.23 bits per heavy atom. The molecule has 2 saturated heterocycles. The molecule has 0 spiro atoms. The van der Waals surface area contributed by atoms with Crippen molar-refractivity contribution in [1.29, 1.82) is 0 Å². The highest BCUT2D eigenvalue weighted by Gasteiger charge is 2.35. The molecule has 2 heterocycles. The minimum absolute atomic E-state index is 0.0644. The van der Waals surface area contributed by atoms with Crippen LogP contribution in [0.15, 0.2) is 0 Å². The van der Waals surface area contributed by atoms with Gasteiger partial charge in [0.2, 0.25) is 15.9 Å². The summed E-state index contributed by atoms with van der Waals surface area (Å²) in [6, 6.07) is 0. The van der Waals surface area contributed by atoms with Gasteiger partial charge in [0.15, 0.2) is 0 Å². The SMILES string of the molecule is O=C1CCCN1C1CCS(=O)(=O)N1. The highest BCUT2D eigenvalue weighted by Crippen LogP contribution is 2.18. The summed E-state index contributed by atoms with van der Waals surface area (Å²) in [6.07, 6.45) is 1.64. The van der Waals surface area contributed by atoms with Gasteiger partial charge in [-0.05, 0) is 12.8 Å². The fourth-order valence-corrected chi connectivity index (χ4v) is 3.12. The van der Waals surface area contributed by atoms with Crippen LogP contribution in [0.5, 0.6) is 0 Å². The maximum atomic E-state index is 11.3. The molecule has 0 saturated carbocycles. The van der Waals surface area contributed by atoms with Crippen LogP contribution in [0.4, 0.5) is 0 Å². The Morgan fingerprint density at radius 1 is 1.46 bits per heavy atom. The van der Waals surface area contributed by atoms with Crippen molar-refractivity contribution >= 4 is 15.9 Å². The van der Waals surface area contributed by atoms with Crippen molar-refractivity contribution in [3.8, 4) is 0 Å². The molecule has 74 valence electrons. The smallest absolute Gasteiger partial charge is 0.223 e. The van der Waals surface area contributed by atoms with Crippen molar-refractivity contribution in [2.45, 2.75) is 25.4 Å². The number of amides is 1. The molecule has 2 fully saturated rings. The van der Waals surface area contributed by atoms with Gasteiger partial charge < -0.3 is 4.90 Å². The van der Waals surface area contributed by atoms with Gasteiger partial charge in [0, 0.05) is 13.0 Å². The minimum atomic E-state index is -3.10. The number of nitrogens with one attached hydrogen (secondary N) is 1. The van der Waals surface area contributed by atoms with Gasteiger partial charge in [-0.1, -0.05) is 0 Å². The number of hydrogen-bond donors (Lipinski definition) is 1. The van der Waals surface area contributed by atoms with Crippen LogP contribution in [0.1, 0.15) is 19.3 Å². The maximum Gasteiger partial charge on any atom is 0.223 e. The molecule has 5 nitrogen and oxygen atoms in total. The molecule has 0 aromatic heterocycles. The second-order valence-electron chi connectivity index (χ2n) is 3.43. The van der Waals surface area contributed by atoms with Crippen molar-refractivity contribution in [3.05, 3.63) is 0 Å². The van der Waals surface area contributed by atoms with Crippen LogP contribution in [0.2, 0.25) is 0 Å². The molecule has 1 unspecified atom stereocenters. The third kappa shape index (κ3) is 1.68. The zero-order valence-corrected chi connectivity index (χ0v) is 8.01. The fourth-order valence-electron chi connectivity index (χ4n) is 1.81. The van der Waals surface area contributed by atoms with Gasteiger partial charge in [-0.15, -0.1) is 0 Å². The second-order valence-corrected chi connectivity index (χ2v) is 5.31. The van der Waals surface area contributed by atoms with Crippen LogP contribution < -0.4 is 4.72 Å². The Hall–Kier alpha value is -0.620. The number of rotatable bonds is 1. The zero-order valence-electron chi connectivity index (χ0n) is 7.19. The van der Waals surface area contributed by atoms with E-state index in [2.05, 4.69) is 4.72 Å². The first-order valence-electron chi connectivity index (χ1n) is 4.38. The van der Waals surface area contributed by atoms with Crippen LogP contribution in [0, 0.1) is 0 Å². The number of likely N-dealkylation sites (tertiary alicyclic amines) is 1. The Kier molecular flexibility index (Phi) is 2.03. The first-order chi connectivity index (χ1) is 6.08. The molecule has 0 radical (unpaired) electrons. The first-order valence-corrected chi connectivity index (χ1v) is 6.03. The Balaban J connectivity index is 2.07. The van der Waals surface area contributed by atoms with Gasteiger partial charge in [0.05, 0.1) is 11.9 Å². The van der Waals surface area contributed by atoms with Crippen molar-refractivity contribution in [2.75, 3.05) is 12.3 Å². The van der Waals surface area contributed by atoms with Crippen molar-refractivity contribution < 1.29 is 13.2 Å². The largest absolute Gasteiger partial charge is 0.326 e. The third-order valence-electron chi connectivity index (χ3n) is 2.46. The van der Waals surface area contributed by atoms with Crippen LogP contribution >= 0.6 is 0 Å². The second kappa shape index (κ2) is 2.95. The standard InChI is InChI=1S/C7H12N2O3S/c10-7-2-1-4-9(7)6-3-5-13(11,12)8-6/h6,8H,1-5H2. The number of nitrogens with zero attached hydrogens (tertiary/aromatic N) is 1. The molecule has 0 aromatic rings. The van der Waals surface area contributed by atoms with Gasteiger partial charge in [0.25, 0.3) is 0 Å². The Labute approximate surface area is 77.1 Å². The van der Waals surface area contributed by atoms with Crippen LogP contribution in [0.3, 0.4) is 0 Å². The Bertz CT molecular complexity index is 325. The monoisotopic (exact) mass is 204 g/mol. The molecule has 1 amide bonds. The summed E-state index contributed by atoms with van der Waals surface area (Å²) in [7, 11) is -3.10. The van der Waals surface area contributed by atoms with Crippen LogP contribution in [0.25, 0.3) is 0 Å². The number of hydrogen-bond acceptors (Lipinski definition) is 3. The average Bonchev–Trinajstić information content (AvgIpc) is 2.56. The molecule has 6 heteroatoms. The average molecular weight is 204 g/mol. The van der Waals surface area contributed by atoms with E-state index >= 15 is 0 Å². The summed E-state index contributed by atoms with van der Waals surface area (Å²) in [6.45, 7) is 0.687. The van der Waals surface area contributed by atoms with Gasteiger partial charge in [-0.25, -0.2) is 8.42 Å². The molecule has 1 atom stereocenters. The van der Waals surface area contributed by atoms with E-state index in [1.165, 1.54) is 0 Å². The van der Waals surface area contributed by atoms with Crippen molar-refractivity contribution in [1.82, 2.24) is 9.62 Å². The van der Waals surface area contributed by atoms with E-state index in [1.54, 1.807) is 4.90 Å². The topological polar surface area (TPSA) is 66.5 Å². The van der Waals surface area contributed by atoms with E-state index < -0.39 is 10.0 Å². The minimum Gasteiger partial charge on any atom is -0.326 e. The highest BCUT2D eigenvalue weighted by atomic mass is 32.2. The summed E-state index contributed by atoms with van der Waals surface area (Å²) >= 11 is 0. The third-order valence-corrected chi connectivity index (χ3v) is 3.87. The predicted molar refractivity (Wildman–Crippen MR) is 46.3 cm³/mol. The normalized spacial score (nSPS) is 32.8. The number of carbonyl (C=O) groups excluding carboxylic acids is 1. The van der Waals surface area contributed by atoms with E-state index in [1.807, 2.05) is 0 Å². The number of carbonyl (C=O) groups is 1. The maximum absolute atomic E-state index is 11.3. The van der Waals surface area contributed by atoms with Gasteiger partial charge >= 0.3 is 0 Å². The summed E-state index contributed by atoms with van der Waals surface area (Å²) < 4.78 is 24.6. The molecule has 2 rings (SSSR count). The van der Waals surface area contributed by atoms with Crippen LogP contribution in [-0.4, -0.2) is 37.7 Å². The summed E-state index contributed by atoms with van der Waals surface area (Å²) in [4.78, 5) is 12.9. The lowest BCUT2D eigenvalue weighted by atomic mass is 10.3. The van der Waals surface area contributed by atoms with E-state index in [0.29, 0.717) is 19.4 Å². The summed E-state index contributed by atoms with van der Waals surface area (Å²) in [5.74, 6) is 0.205. The molecular weight excluding hydrogens is 192 g/mol. The van der Waals surface area contributed by atoms with Crippen molar-refractivity contribution in [3.63, 3.8) is 0 Å². The van der Waals surface area contributed by atoms with Gasteiger partial charge in [-0.2, -0.15) is 4.72 Å². The molecule has 1 N–H and O–H groups in total. The lowest BCUT2D eigenvalue weighted by molar-refractivity contribution is -0.129. The molecule has 0 bridgehead atoms. The number of sulfonamides is 1. The summed E-state index contributed by atoms with van der Waals surface area (Å²) in [5.41, 5.74) is 0. The first kappa shape index (κ1) is 8.96. The van der Waals surface area contributed by atoms with Gasteiger partial charge in [-0.3, -0.25) is 4.79 Å². The predicted octanol–water partition coefficient (Wildman–Crippen LogP) is -0.742. The quantitative estimate of drug-likeness (QED) is 0.611. The van der Waals surface area contributed by atoms with Crippen LogP contribution in [-0.2, 0) is 14.8 Å². The van der Waals surface area contributed by atoms with E-state index in [0.717, 1.165) is 6.42 Å². The fraction of sp³-hybridized carbons (Fsp3) is 0.857. The highest BCUT2D eigenvalue weighted by molar-refractivity contribution is 7.89. The van der Waals surface area contributed by atoms with Gasteiger partial charge in [0.1, 0.15) is 0 Å². The Morgan fingerprint density at radius 3 is 2.69 bits per heavy atom. The lowest BCUT2D eigenvalue weighted by Gasteiger charge is -2.22. The van der Waals surface area contributed by atoms with E-state index in [-0.39, 0.29) is 17.8 Å². The molecular formula is C7H12N2O3S. The summed E-state index contributed by atoms with van der Waals surface area (Å²) in [5, 5.41) is 0. The molecule has 2 aliphatic rings. The molecule has 0 aromatic carbocycles.